The van der Waals surface area contributed by atoms with Crippen molar-refractivity contribution in [1.29, 1.82) is 0 Å². The van der Waals surface area contributed by atoms with Gasteiger partial charge in [-0.3, -0.25) is 4.84 Å². The molecule has 1 saturated carbocycles. The van der Waals surface area contributed by atoms with Crippen LogP contribution in [0.25, 0.3) is 0 Å². The molecule has 1 rings (SSSR count). The SMILES string of the molecule is CONC(=O)NC[C@]1(C)CCCC[C@H]1O. The average Bonchev–Trinajstić information content (AvgIpc) is 2.21. The molecule has 3 N–H and O–H groups in total. The molecule has 2 amide bonds. The minimum Gasteiger partial charge on any atom is -0.392 e. The molecule has 0 radical (unpaired) electrons. The third kappa shape index (κ3) is 3.35. The van der Waals surface area contributed by atoms with Crippen LogP contribution in [-0.2, 0) is 4.84 Å². The van der Waals surface area contributed by atoms with Crippen LogP contribution in [0.2, 0.25) is 0 Å². The molecule has 88 valence electrons. The lowest BCUT2D eigenvalue weighted by Crippen LogP contribution is -2.47. The molecule has 0 aromatic rings. The van der Waals surface area contributed by atoms with E-state index in [9.17, 15) is 9.90 Å². The lowest BCUT2D eigenvalue weighted by Gasteiger charge is -2.38. The lowest BCUT2D eigenvalue weighted by atomic mass is 9.73. The van der Waals surface area contributed by atoms with Gasteiger partial charge in [0.05, 0.1) is 13.2 Å². The number of nitrogens with one attached hydrogen (secondary N) is 2. The highest BCUT2D eigenvalue weighted by atomic mass is 16.6. The minimum atomic E-state index is -0.364. The molecule has 0 aromatic carbocycles. The normalized spacial score (nSPS) is 31.0. The first-order valence-electron chi connectivity index (χ1n) is 5.33. The quantitative estimate of drug-likeness (QED) is 0.611. The Bertz CT molecular complexity index is 223. The van der Waals surface area contributed by atoms with E-state index < -0.39 is 0 Å². The van der Waals surface area contributed by atoms with E-state index in [1.807, 2.05) is 6.92 Å². The van der Waals surface area contributed by atoms with Crippen molar-refractivity contribution in [3.63, 3.8) is 0 Å². The highest BCUT2D eigenvalue weighted by Gasteiger charge is 2.35. The number of aliphatic hydroxyl groups excluding tert-OH is 1. The number of hydroxylamine groups is 1. The molecule has 1 fully saturated rings. The summed E-state index contributed by atoms with van der Waals surface area (Å²) in [5.41, 5.74) is 1.98. The Morgan fingerprint density at radius 2 is 2.33 bits per heavy atom. The second kappa shape index (κ2) is 5.32. The summed E-state index contributed by atoms with van der Waals surface area (Å²) in [5.74, 6) is 0. The van der Waals surface area contributed by atoms with Crippen molar-refractivity contribution in [2.45, 2.75) is 38.7 Å². The molecule has 0 aliphatic heterocycles. The fourth-order valence-corrected chi connectivity index (χ4v) is 2.00. The minimum absolute atomic E-state index is 0.205. The molecular formula is C10H20N2O3. The van der Waals surface area contributed by atoms with Crippen molar-refractivity contribution in [1.82, 2.24) is 10.8 Å². The highest BCUT2D eigenvalue weighted by molar-refractivity contribution is 5.72. The number of amides is 2. The van der Waals surface area contributed by atoms with E-state index in [-0.39, 0.29) is 17.6 Å². The summed E-state index contributed by atoms with van der Waals surface area (Å²) in [6.45, 7) is 2.48. The maximum absolute atomic E-state index is 11.1. The van der Waals surface area contributed by atoms with Crippen LogP contribution >= 0.6 is 0 Å². The van der Waals surface area contributed by atoms with E-state index in [4.69, 9.17) is 0 Å². The van der Waals surface area contributed by atoms with Crippen molar-refractivity contribution < 1.29 is 14.7 Å². The van der Waals surface area contributed by atoms with E-state index in [1.54, 1.807) is 0 Å². The molecule has 0 heterocycles. The topological polar surface area (TPSA) is 70.6 Å². The summed E-state index contributed by atoms with van der Waals surface area (Å²) in [4.78, 5) is 15.6. The van der Waals surface area contributed by atoms with Crippen LogP contribution in [0, 0.1) is 5.41 Å². The Kier molecular flexibility index (Phi) is 4.35. The number of rotatable bonds is 3. The van der Waals surface area contributed by atoms with Gasteiger partial charge < -0.3 is 10.4 Å². The Hall–Kier alpha value is -0.810. The Morgan fingerprint density at radius 1 is 1.60 bits per heavy atom. The van der Waals surface area contributed by atoms with Gasteiger partial charge in [0.15, 0.2) is 0 Å². The summed E-state index contributed by atoms with van der Waals surface area (Å²) in [6, 6.07) is -0.364. The standard InChI is InChI=1S/C10H20N2O3/c1-10(6-4-3-5-8(10)13)7-11-9(14)12-15-2/h8,13H,3-7H2,1-2H3,(H2,11,12,14)/t8-,10+/m1/s1. The van der Waals surface area contributed by atoms with Gasteiger partial charge in [-0.25, -0.2) is 10.3 Å². The Morgan fingerprint density at radius 3 is 2.93 bits per heavy atom. The first-order valence-corrected chi connectivity index (χ1v) is 5.33. The van der Waals surface area contributed by atoms with Crippen molar-refractivity contribution in [2.75, 3.05) is 13.7 Å². The van der Waals surface area contributed by atoms with Crippen LogP contribution < -0.4 is 10.8 Å². The zero-order chi connectivity index (χ0) is 11.3. The molecule has 5 nitrogen and oxygen atoms in total. The van der Waals surface area contributed by atoms with Crippen LogP contribution in [0.15, 0.2) is 0 Å². The van der Waals surface area contributed by atoms with Gasteiger partial charge in [0.1, 0.15) is 0 Å². The predicted octanol–water partition coefficient (Wildman–Crippen LogP) is 0.788. The number of urea groups is 1. The summed E-state index contributed by atoms with van der Waals surface area (Å²) in [5, 5.41) is 12.6. The van der Waals surface area contributed by atoms with Crippen molar-refractivity contribution in [3.05, 3.63) is 0 Å². The highest BCUT2D eigenvalue weighted by Crippen LogP contribution is 2.35. The molecule has 5 heteroatoms. The van der Waals surface area contributed by atoms with Crippen LogP contribution in [0.4, 0.5) is 4.79 Å². The van der Waals surface area contributed by atoms with Gasteiger partial charge in [-0.1, -0.05) is 19.8 Å². The molecule has 0 bridgehead atoms. The molecule has 15 heavy (non-hydrogen) atoms. The number of carbonyl (C=O) groups excluding carboxylic acids is 1. The zero-order valence-electron chi connectivity index (χ0n) is 9.38. The van der Waals surface area contributed by atoms with Gasteiger partial charge in [0.2, 0.25) is 0 Å². The third-order valence-corrected chi connectivity index (χ3v) is 3.13. The van der Waals surface area contributed by atoms with Crippen LogP contribution in [0.1, 0.15) is 32.6 Å². The van der Waals surface area contributed by atoms with Gasteiger partial charge in [0.25, 0.3) is 0 Å². The maximum atomic E-state index is 11.1. The average molecular weight is 216 g/mol. The molecular weight excluding hydrogens is 196 g/mol. The van der Waals surface area contributed by atoms with Crippen LogP contribution in [0.3, 0.4) is 0 Å². The third-order valence-electron chi connectivity index (χ3n) is 3.13. The fourth-order valence-electron chi connectivity index (χ4n) is 2.00. The monoisotopic (exact) mass is 216 g/mol. The van der Waals surface area contributed by atoms with E-state index in [0.717, 1.165) is 25.7 Å². The van der Waals surface area contributed by atoms with Crippen LogP contribution in [-0.4, -0.2) is 30.9 Å². The van der Waals surface area contributed by atoms with E-state index in [0.29, 0.717) is 6.54 Å². The summed E-state index contributed by atoms with van der Waals surface area (Å²) < 4.78 is 0. The number of hydrogen-bond donors (Lipinski definition) is 3. The van der Waals surface area contributed by atoms with E-state index in [1.165, 1.54) is 7.11 Å². The second-order valence-corrected chi connectivity index (χ2v) is 4.40. The summed E-state index contributed by atoms with van der Waals surface area (Å²) in [6.07, 6.45) is 3.63. The van der Waals surface area contributed by atoms with Crippen molar-refractivity contribution in [2.24, 2.45) is 5.41 Å². The van der Waals surface area contributed by atoms with Gasteiger partial charge in [-0.2, -0.15) is 0 Å². The Balaban J connectivity index is 2.37. The Labute approximate surface area is 90.1 Å². The fraction of sp³-hybridized carbons (Fsp3) is 0.900. The van der Waals surface area contributed by atoms with Crippen LogP contribution in [0.5, 0.6) is 0 Å². The van der Waals surface area contributed by atoms with Gasteiger partial charge in [-0.05, 0) is 12.8 Å². The smallest absolute Gasteiger partial charge is 0.338 e. The molecule has 0 unspecified atom stereocenters. The van der Waals surface area contributed by atoms with Gasteiger partial charge >= 0.3 is 6.03 Å². The molecule has 1 aliphatic carbocycles. The lowest BCUT2D eigenvalue weighted by molar-refractivity contribution is 0.00194. The second-order valence-electron chi connectivity index (χ2n) is 4.40. The molecule has 0 spiro atoms. The molecule has 1 aliphatic rings. The molecule has 0 saturated heterocycles. The van der Waals surface area contributed by atoms with Crippen molar-refractivity contribution >= 4 is 6.03 Å². The maximum Gasteiger partial charge on any atom is 0.338 e. The predicted molar refractivity (Wildman–Crippen MR) is 56.1 cm³/mol. The first kappa shape index (κ1) is 12.3. The largest absolute Gasteiger partial charge is 0.392 e. The number of hydrogen-bond acceptors (Lipinski definition) is 3. The summed E-state index contributed by atoms with van der Waals surface area (Å²) in [7, 11) is 1.39. The van der Waals surface area contributed by atoms with E-state index in [2.05, 4.69) is 15.6 Å². The molecule has 0 aromatic heterocycles. The number of carbonyl (C=O) groups is 1. The van der Waals surface area contributed by atoms with Crippen molar-refractivity contribution in [3.8, 4) is 0 Å². The van der Waals surface area contributed by atoms with E-state index >= 15 is 0 Å². The molecule has 2 atom stereocenters. The van der Waals surface area contributed by atoms with Gasteiger partial charge in [-0.15, -0.1) is 0 Å². The first-order chi connectivity index (χ1) is 7.08. The van der Waals surface area contributed by atoms with Gasteiger partial charge in [0, 0.05) is 12.0 Å². The zero-order valence-corrected chi connectivity index (χ0v) is 9.38. The summed E-state index contributed by atoms with van der Waals surface area (Å²) >= 11 is 0. The number of aliphatic hydroxyl groups is 1.